The van der Waals surface area contributed by atoms with Crippen LogP contribution in [0.15, 0.2) is 103 Å². The standard InChI is InChI=1S/C36H28N2O6/c1-21(39)44-26-17-13-24(14-18-26)33(41)31-30(32(40)23-11-15-25(43-2)16-12-23)36(28-9-5-6-10-29(28)37-35(36)42)34-27-8-4-3-7-22(27)19-20-38(31)34/h3-20,30-31,34H,1-2H3,(H,37,42)/t30-,31-,34+,36+/m0/s1. The first-order valence-electron chi connectivity index (χ1n) is 14.3. The smallest absolute Gasteiger partial charge is 0.308 e. The Balaban J connectivity index is 1.47. The number of hydrogen-bond acceptors (Lipinski definition) is 7. The van der Waals surface area contributed by atoms with Crippen molar-refractivity contribution in [2.45, 2.75) is 24.4 Å². The molecule has 44 heavy (non-hydrogen) atoms. The van der Waals surface area contributed by atoms with Gasteiger partial charge in [-0.1, -0.05) is 42.5 Å². The van der Waals surface area contributed by atoms with Gasteiger partial charge in [-0.15, -0.1) is 0 Å². The van der Waals surface area contributed by atoms with Crippen molar-refractivity contribution in [1.29, 1.82) is 0 Å². The third-order valence-corrected chi connectivity index (χ3v) is 8.90. The predicted molar refractivity (Wildman–Crippen MR) is 163 cm³/mol. The normalized spacial score (nSPS) is 22.5. The Morgan fingerprint density at radius 3 is 2.14 bits per heavy atom. The largest absolute Gasteiger partial charge is 0.497 e. The van der Waals surface area contributed by atoms with Gasteiger partial charge >= 0.3 is 5.97 Å². The first-order valence-corrected chi connectivity index (χ1v) is 14.3. The molecule has 8 heteroatoms. The first kappa shape index (κ1) is 27.3. The van der Waals surface area contributed by atoms with E-state index in [0.717, 1.165) is 11.1 Å². The highest BCUT2D eigenvalue weighted by Crippen LogP contribution is 2.62. The third kappa shape index (κ3) is 3.98. The van der Waals surface area contributed by atoms with Gasteiger partial charge in [0.1, 0.15) is 23.0 Å². The number of fused-ring (bicyclic) bond motifs is 6. The number of carbonyl (C=O) groups is 4. The Bertz CT molecular complexity index is 1860. The summed E-state index contributed by atoms with van der Waals surface area (Å²) in [5, 5.41) is 3.05. The maximum Gasteiger partial charge on any atom is 0.308 e. The van der Waals surface area contributed by atoms with E-state index in [1.165, 1.54) is 6.92 Å². The van der Waals surface area contributed by atoms with Crippen molar-refractivity contribution in [2.75, 3.05) is 12.4 Å². The maximum atomic E-state index is 14.9. The highest BCUT2D eigenvalue weighted by Gasteiger charge is 2.70. The number of esters is 1. The molecule has 3 heterocycles. The molecule has 1 spiro atoms. The monoisotopic (exact) mass is 584 g/mol. The van der Waals surface area contributed by atoms with E-state index >= 15 is 0 Å². The molecule has 4 aromatic rings. The number of anilines is 1. The number of hydrogen-bond donors (Lipinski definition) is 1. The fraction of sp³-hybridized carbons (Fsp3) is 0.167. The van der Waals surface area contributed by atoms with Gasteiger partial charge in [-0.3, -0.25) is 19.2 Å². The fourth-order valence-electron chi connectivity index (χ4n) is 7.13. The van der Waals surface area contributed by atoms with Gasteiger partial charge in [0.15, 0.2) is 11.6 Å². The van der Waals surface area contributed by atoms with Crippen LogP contribution in [0.25, 0.3) is 6.08 Å². The number of methoxy groups -OCH3 is 1. The van der Waals surface area contributed by atoms with E-state index in [2.05, 4.69) is 5.32 Å². The number of Topliss-reactive ketones (excluding diaryl/α,β-unsaturated/α-hetero) is 2. The quantitative estimate of drug-likeness (QED) is 0.179. The van der Waals surface area contributed by atoms with E-state index in [9.17, 15) is 19.2 Å². The van der Waals surface area contributed by atoms with Crippen LogP contribution in [0.1, 0.15) is 50.4 Å². The summed E-state index contributed by atoms with van der Waals surface area (Å²) in [6, 6.07) is 26.5. The van der Waals surface area contributed by atoms with Crippen LogP contribution in [0.3, 0.4) is 0 Å². The minimum Gasteiger partial charge on any atom is -0.497 e. The van der Waals surface area contributed by atoms with Gasteiger partial charge in [-0.05, 0) is 77.4 Å². The summed E-state index contributed by atoms with van der Waals surface area (Å²) in [7, 11) is 1.55. The number of benzene rings is 4. The van der Waals surface area contributed by atoms with Crippen molar-refractivity contribution in [1.82, 2.24) is 4.90 Å². The second kappa shape index (κ2) is 10.3. The summed E-state index contributed by atoms with van der Waals surface area (Å²) < 4.78 is 10.5. The molecule has 4 aromatic carbocycles. The summed E-state index contributed by atoms with van der Waals surface area (Å²) in [5.41, 5.74) is 2.34. The van der Waals surface area contributed by atoms with E-state index in [1.54, 1.807) is 55.6 Å². The average Bonchev–Trinajstić information content (AvgIpc) is 3.52. The molecule has 1 N–H and O–H groups in total. The SMILES string of the molecule is COc1ccc(C(=O)[C@@H]2[C@@H](C(=O)c3ccc(OC(C)=O)cc3)N3C=Cc4ccccc4[C@@H]3[C@]23C(=O)Nc2ccccc23)cc1. The molecule has 0 radical (unpaired) electrons. The van der Waals surface area contributed by atoms with Crippen LogP contribution in [-0.4, -0.2) is 41.5 Å². The van der Waals surface area contributed by atoms with E-state index in [4.69, 9.17) is 9.47 Å². The maximum absolute atomic E-state index is 14.9. The van der Waals surface area contributed by atoms with Crippen LogP contribution < -0.4 is 14.8 Å². The molecule has 3 aliphatic heterocycles. The molecule has 1 fully saturated rings. The second-order valence-electron chi connectivity index (χ2n) is 11.2. The number of para-hydroxylation sites is 1. The molecule has 4 atom stereocenters. The highest BCUT2D eigenvalue weighted by atomic mass is 16.5. The van der Waals surface area contributed by atoms with Gasteiger partial charge in [0.05, 0.1) is 19.1 Å². The molecular formula is C36H28N2O6. The Hall–Kier alpha value is -5.50. The molecular weight excluding hydrogens is 556 g/mol. The van der Waals surface area contributed by atoms with E-state index in [0.29, 0.717) is 33.9 Å². The molecule has 0 aromatic heterocycles. The topological polar surface area (TPSA) is 102 Å². The Kier molecular flexibility index (Phi) is 6.43. The molecule has 0 unspecified atom stereocenters. The number of nitrogens with zero attached hydrogens (tertiary/aromatic N) is 1. The summed E-state index contributed by atoms with van der Waals surface area (Å²) in [6.07, 6.45) is 3.75. The molecule has 1 amide bonds. The van der Waals surface area contributed by atoms with Gasteiger partial charge in [0.25, 0.3) is 0 Å². The lowest BCUT2D eigenvalue weighted by molar-refractivity contribution is -0.131. The van der Waals surface area contributed by atoms with Crippen LogP contribution in [-0.2, 0) is 15.0 Å². The molecule has 3 aliphatic rings. The van der Waals surface area contributed by atoms with E-state index in [-0.39, 0.29) is 17.5 Å². The number of amides is 1. The molecule has 7 rings (SSSR count). The second-order valence-corrected chi connectivity index (χ2v) is 11.2. The molecule has 0 aliphatic carbocycles. The highest BCUT2D eigenvalue weighted by molar-refractivity contribution is 6.16. The molecule has 218 valence electrons. The number of carbonyl (C=O) groups excluding carboxylic acids is 4. The lowest BCUT2D eigenvalue weighted by Gasteiger charge is -2.38. The summed E-state index contributed by atoms with van der Waals surface area (Å²) in [6.45, 7) is 1.30. The molecule has 0 saturated carbocycles. The van der Waals surface area contributed by atoms with Crippen LogP contribution >= 0.6 is 0 Å². The molecule has 1 saturated heterocycles. The van der Waals surface area contributed by atoms with Crippen LogP contribution in [0.4, 0.5) is 5.69 Å². The third-order valence-electron chi connectivity index (χ3n) is 8.90. The summed E-state index contributed by atoms with van der Waals surface area (Å²) in [4.78, 5) is 57.4. The van der Waals surface area contributed by atoms with Crippen LogP contribution in [0.5, 0.6) is 11.5 Å². The van der Waals surface area contributed by atoms with Gasteiger partial charge in [-0.2, -0.15) is 0 Å². The zero-order valence-corrected chi connectivity index (χ0v) is 24.0. The van der Waals surface area contributed by atoms with E-state index in [1.807, 2.05) is 65.7 Å². The van der Waals surface area contributed by atoms with Gasteiger partial charge < -0.3 is 19.7 Å². The number of ether oxygens (including phenoxy) is 2. The molecule has 8 nitrogen and oxygen atoms in total. The van der Waals surface area contributed by atoms with Crippen molar-refractivity contribution < 1.29 is 28.7 Å². The minimum absolute atomic E-state index is 0.302. The van der Waals surface area contributed by atoms with Gasteiger partial charge in [0, 0.05) is 29.9 Å². The zero-order chi connectivity index (χ0) is 30.6. The Morgan fingerprint density at radius 1 is 0.795 bits per heavy atom. The van der Waals surface area contributed by atoms with Crippen LogP contribution in [0, 0.1) is 5.92 Å². The van der Waals surface area contributed by atoms with Crippen LogP contribution in [0.2, 0.25) is 0 Å². The van der Waals surface area contributed by atoms with Crippen molar-refractivity contribution in [2.24, 2.45) is 5.92 Å². The number of nitrogens with one attached hydrogen (secondary N) is 1. The van der Waals surface area contributed by atoms with Gasteiger partial charge in [-0.25, -0.2) is 0 Å². The lowest BCUT2D eigenvalue weighted by Crippen LogP contribution is -2.49. The minimum atomic E-state index is -1.42. The van der Waals surface area contributed by atoms with Crippen molar-refractivity contribution in [3.63, 3.8) is 0 Å². The van der Waals surface area contributed by atoms with Crippen molar-refractivity contribution in [3.05, 3.63) is 131 Å². The summed E-state index contributed by atoms with van der Waals surface area (Å²) >= 11 is 0. The first-order chi connectivity index (χ1) is 21.3. The average molecular weight is 585 g/mol. The van der Waals surface area contributed by atoms with Gasteiger partial charge in [0.2, 0.25) is 5.91 Å². The molecule has 0 bridgehead atoms. The fourth-order valence-corrected chi connectivity index (χ4v) is 7.13. The van der Waals surface area contributed by atoms with Crippen molar-refractivity contribution in [3.8, 4) is 11.5 Å². The summed E-state index contributed by atoms with van der Waals surface area (Å²) in [5.74, 6) is -1.66. The Morgan fingerprint density at radius 2 is 1.43 bits per heavy atom. The zero-order valence-electron chi connectivity index (χ0n) is 24.0. The number of rotatable bonds is 6. The lowest BCUT2D eigenvalue weighted by atomic mass is 9.62. The Labute approximate surface area is 253 Å². The number of ketones is 2. The van der Waals surface area contributed by atoms with Crippen molar-refractivity contribution >= 4 is 35.2 Å². The van der Waals surface area contributed by atoms with E-state index < -0.39 is 29.4 Å². The predicted octanol–water partition coefficient (Wildman–Crippen LogP) is 5.60.